The second-order valence-corrected chi connectivity index (χ2v) is 9.50. The van der Waals surface area contributed by atoms with Gasteiger partial charge in [-0.15, -0.1) is 0 Å². The summed E-state index contributed by atoms with van der Waals surface area (Å²) in [5.41, 5.74) is -0.273. The van der Waals surface area contributed by atoms with Crippen LogP contribution in [0.25, 0.3) is 0 Å². The Kier molecular flexibility index (Phi) is 5.55. The fourth-order valence-electron chi connectivity index (χ4n) is 5.62. The number of carbonyl (C=O) groups is 2. The molecule has 0 unspecified atom stereocenters. The highest BCUT2D eigenvalue weighted by molar-refractivity contribution is 5.79. The Balaban J connectivity index is 1.20. The molecular weight excluding hydrogens is 361 g/mol. The number of alkyl halides is 1. The maximum absolute atomic E-state index is 13.3. The minimum absolute atomic E-state index is 0.0279. The summed E-state index contributed by atoms with van der Waals surface area (Å²) in [6.07, 6.45) is 7.50. The van der Waals surface area contributed by atoms with Gasteiger partial charge in [-0.05, 0) is 76.8 Å². The standard InChI is InChI=1S/C21H34FN3O3/c1-2-28-19(27)25-11-8-20(15-25)12-17(13-20)24-9-4-16(5-10-24)18(26)23-21(14-22)6-3-7-21/h16-17H,2-15H2,1H3,(H,23,26). The summed E-state index contributed by atoms with van der Waals surface area (Å²) in [5, 5.41) is 3.00. The smallest absolute Gasteiger partial charge is 0.409 e. The first kappa shape index (κ1) is 19.9. The van der Waals surface area contributed by atoms with Crippen LogP contribution >= 0.6 is 0 Å². The van der Waals surface area contributed by atoms with Crippen LogP contribution in [0.4, 0.5) is 9.18 Å². The molecule has 2 heterocycles. The Morgan fingerprint density at radius 2 is 1.86 bits per heavy atom. The molecule has 2 aliphatic heterocycles. The number of halogens is 1. The van der Waals surface area contributed by atoms with Crippen LogP contribution in [0.3, 0.4) is 0 Å². The Labute approximate surface area is 167 Å². The van der Waals surface area contributed by atoms with Crippen molar-refractivity contribution in [1.82, 2.24) is 15.1 Å². The molecule has 0 bridgehead atoms. The van der Waals surface area contributed by atoms with Crippen molar-refractivity contribution in [2.75, 3.05) is 39.5 Å². The average molecular weight is 396 g/mol. The highest BCUT2D eigenvalue weighted by Gasteiger charge is 2.51. The highest BCUT2D eigenvalue weighted by Crippen LogP contribution is 2.50. The number of carbonyl (C=O) groups excluding carboxylic acids is 2. The molecule has 1 N–H and O–H groups in total. The minimum Gasteiger partial charge on any atom is -0.450 e. The molecule has 0 aromatic carbocycles. The van der Waals surface area contributed by atoms with E-state index in [0.717, 1.165) is 77.5 Å². The first-order valence-electron chi connectivity index (χ1n) is 11.0. The van der Waals surface area contributed by atoms with Gasteiger partial charge in [0.05, 0.1) is 12.1 Å². The maximum atomic E-state index is 13.3. The van der Waals surface area contributed by atoms with E-state index in [1.807, 2.05) is 11.8 Å². The van der Waals surface area contributed by atoms with Crippen LogP contribution in [0.5, 0.6) is 0 Å². The Bertz CT molecular complexity index is 590. The van der Waals surface area contributed by atoms with Gasteiger partial charge in [-0.25, -0.2) is 9.18 Å². The number of ether oxygens (including phenoxy) is 1. The quantitative estimate of drug-likeness (QED) is 0.778. The predicted molar refractivity (Wildman–Crippen MR) is 104 cm³/mol. The Hall–Kier alpha value is -1.37. The number of amides is 2. The zero-order valence-electron chi connectivity index (χ0n) is 17.1. The molecule has 4 fully saturated rings. The molecule has 2 saturated carbocycles. The zero-order valence-corrected chi connectivity index (χ0v) is 17.1. The van der Waals surface area contributed by atoms with E-state index >= 15 is 0 Å². The largest absolute Gasteiger partial charge is 0.450 e. The molecule has 2 aliphatic carbocycles. The van der Waals surface area contributed by atoms with Gasteiger partial charge in [0.2, 0.25) is 5.91 Å². The van der Waals surface area contributed by atoms with Gasteiger partial charge >= 0.3 is 6.09 Å². The zero-order chi connectivity index (χ0) is 19.8. The first-order valence-corrected chi connectivity index (χ1v) is 11.0. The Morgan fingerprint density at radius 3 is 2.43 bits per heavy atom. The van der Waals surface area contributed by atoms with E-state index in [1.54, 1.807) is 0 Å². The van der Waals surface area contributed by atoms with Crippen molar-refractivity contribution in [3.63, 3.8) is 0 Å². The topological polar surface area (TPSA) is 61.9 Å². The van der Waals surface area contributed by atoms with Crippen molar-refractivity contribution in [3.8, 4) is 0 Å². The van der Waals surface area contributed by atoms with Gasteiger partial charge in [-0.3, -0.25) is 4.79 Å². The molecule has 2 amide bonds. The third kappa shape index (κ3) is 3.74. The number of nitrogens with zero attached hydrogens (tertiary/aromatic N) is 2. The van der Waals surface area contributed by atoms with Gasteiger partial charge in [-0.2, -0.15) is 0 Å². The van der Waals surface area contributed by atoms with Gasteiger partial charge in [0, 0.05) is 25.0 Å². The number of hydrogen-bond acceptors (Lipinski definition) is 4. The summed E-state index contributed by atoms with van der Waals surface area (Å²) in [6.45, 7) is 5.36. The van der Waals surface area contributed by atoms with E-state index < -0.39 is 12.2 Å². The van der Waals surface area contributed by atoms with E-state index in [2.05, 4.69) is 10.2 Å². The molecule has 158 valence electrons. The molecule has 1 spiro atoms. The lowest BCUT2D eigenvalue weighted by molar-refractivity contribution is -0.130. The lowest BCUT2D eigenvalue weighted by atomic mass is 9.64. The fourth-order valence-corrected chi connectivity index (χ4v) is 5.62. The van der Waals surface area contributed by atoms with Crippen LogP contribution in [0, 0.1) is 11.3 Å². The van der Waals surface area contributed by atoms with E-state index in [0.29, 0.717) is 12.6 Å². The van der Waals surface area contributed by atoms with E-state index in [9.17, 15) is 14.0 Å². The fraction of sp³-hybridized carbons (Fsp3) is 0.905. The second kappa shape index (κ2) is 7.81. The van der Waals surface area contributed by atoms with Crippen molar-refractivity contribution in [1.29, 1.82) is 0 Å². The summed E-state index contributed by atoms with van der Waals surface area (Å²) >= 11 is 0. The summed E-state index contributed by atoms with van der Waals surface area (Å²) in [7, 11) is 0. The monoisotopic (exact) mass is 395 g/mol. The molecule has 7 heteroatoms. The molecule has 0 atom stereocenters. The number of piperidine rings is 1. The van der Waals surface area contributed by atoms with Crippen LogP contribution in [-0.4, -0.2) is 72.8 Å². The lowest BCUT2D eigenvalue weighted by Crippen LogP contribution is -2.58. The number of hydrogen-bond donors (Lipinski definition) is 1. The van der Waals surface area contributed by atoms with E-state index in [1.165, 1.54) is 0 Å². The minimum atomic E-state index is -0.554. The van der Waals surface area contributed by atoms with Crippen molar-refractivity contribution in [3.05, 3.63) is 0 Å². The molecule has 0 aromatic rings. The molecule has 0 aromatic heterocycles. The lowest BCUT2D eigenvalue weighted by Gasteiger charge is -2.51. The van der Waals surface area contributed by atoms with Crippen LogP contribution in [0.15, 0.2) is 0 Å². The molecule has 28 heavy (non-hydrogen) atoms. The van der Waals surface area contributed by atoms with Gasteiger partial charge in [0.15, 0.2) is 0 Å². The van der Waals surface area contributed by atoms with Crippen molar-refractivity contribution < 1.29 is 18.7 Å². The van der Waals surface area contributed by atoms with Gasteiger partial charge in [-0.1, -0.05) is 0 Å². The third-order valence-corrected chi connectivity index (χ3v) is 7.67. The summed E-state index contributed by atoms with van der Waals surface area (Å²) < 4.78 is 18.4. The average Bonchev–Trinajstić information content (AvgIpc) is 3.10. The Morgan fingerprint density at radius 1 is 1.14 bits per heavy atom. The normalized spacial score (nSPS) is 32.6. The molecule has 2 saturated heterocycles. The van der Waals surface area contributed by atoms with Crippen LogP contribution in [0.2, 0.25) is 0 Å². The summed E-state index contributed by atoms with van der Waals surface area (Å²) in [6, 6.07) is 0.579. The van der Waals surface area contributed by atoms with Crippen LogP contribution in [0.1, 0.15) is 58.3 Å². The molecule has 6 nitrogen and oxygen atoms in total. The van der Waals surface area contributed by atoms with E-state index in [4.69, 9.17) is 4.74 Å². The highest BCUT2D eigenvalue weighted by atomic mass is 19.1. The SMILES string of the molecule is CCOC(=O)N1CCC2(CC(N3CCC(C(=O)NC4(CF)CCC4)CC3)C2)C1. The molecule has 4 rings (SSSR count). The van der Waals surface area contributed by atoms with Gasteiger partial charge < -0.3 is 19.9 Å². The van der Waals surface area contributed by atoms with Crippen LogP contribution in [-0.2, 0) is 9.53 Å². The van der Waals surface area contributed by atoms with Crippen molar-refractivity contribution >= 4 is 12.0 Å². The number of nitrogens with one attached hydrogen (secondary N) is 1. The third-order valence-electron chi connectivity index (χ3n) is 7.67. The first-order chi connectivity index (χ1) is 13.5. The summed E-state index contributed by atoms with van der Waals surface area (Å²) in [4.78, 5) is 28.9. The number of rotatable bonds is 5. The van der Waals surface area contributed by atoms with E-state index in [-0.39, 0.29) is 23.3 Å². The number of likely N-dealkylation sites (tertiary alicyclic amines) is 2. The van der Waals surface area contributed by atoms with Crippen LogP contribution < -0.4 is 5.32 Å². The van der Waals surface area contributed by atoms with Crippen molar-refractivity contribution in [2.24, 2.45) is 11.3 Å². The summed E-state index contributed by atoms with van der Waals surface area (Å²) in [5.74, 6) is 0.0862. The van der Waals surface area contributed by atoms with Crippen molar-refractivity contribution in [2.45, 2.75) is 69.9 Å². The van der Waals surface area contributed by atoms with Gasteiger partial charge in [0.25, 0.3) is 0 Å². The maximum Gasteiger partial charge on any atom is 0.409 e. The predicted octanol–water partition coefficient (Wildman–Crippen LogP) is 2.72. The second-order valence-electron chi connectivity index (χ2n) is 9.50. The molecular formula is C21H34FN3O3. The molecule has 4 aliphatic rings. The molecule has 0 radical (unpaired) electrons. The van der Waals surface area contributed by atoms with Gasteiger partial charge in [0.1, 0.15) is 6.67 Å².